The normalized spacial score (nSPS) is 11.5. The first-order valence-corrected chi connectivity index (χ1v) is 9.45. The Labute approximate surface area is 146 Å². The zero-order valence-corrected chi connectivity index (χ0v) is 15.0. The Morgan fingerprint density at radius 1 is 0.727 bits per heavy atom. The van der Waals surface area contributed by atoms with E-state index in [2.05, 4.69) is 92.5 Å². The van der Waals surface area contributed by atoms with Crippen molar-refractivity contribution in [2.45, 2.75) is 10.7 Å². The third kappa shape index (κ3) is 2.26. The quantitative estimate of drug-likeness (QED) is 0.194. The average molecular weight is 413 g/mol. The van der Waals surface area contributed by atoms with E-state index in [0.29, 0.717) is 0 Å². The number of fused-ring (bicyclic) bond motifs is 4. The average Bonchev–Trinajstić information content (AvgIpc) is 2.58. The number of alkyl halides is 2. The minimum atomic E-state index is 0.827. The fraction of sp³-hybridized carbons (Fsp3) is 0.100. The number of hydrogen-bond donors (Lipinski definition) is 0. The number of rotatable bonds is 2. The minimum absolute atomic E-state index is 0.827. The first kappa shape index (κ1) is 14.2. The van der Waals surface area contributed by atoms with Gasteiger partial charge in [0.05, 0.1) is 0 Å². The predicted molar refractivity (Wildman–Crippen MR) is 103 cm³/mol. The van der Waals surface area contributed by atoms with Crippen LogP contribution in [0.3, 0.4) is 0 Å². The van der Waals surface area contributed by atoms with E-state index in [4.69, 9.17) is 0 Å². The van der Waals surface area contributed by atoms with Crippen LogP contribution in [0, 0.1) is 6.07 Å². The molecule has 0 atom stereocenters. The molecule has 0 amide bonds. The highest BCUT2D eigenvalue weighted by Gasteiger charge is 2.08. The smallest absolute Gasteiger partial charge is 0.0292 e. The molecule has 0 aliphatic carbocycles. The maximum Gasteiger partial charge on any atom is 0.0292 e. The van der Waals surface area contributed by atoms with Gasteiger partial charge in [0.1, 0.15) is 0 Å². The van der Waals surface area contributed by atoms with E-state index >= 15 is 0 Å². The lowest BCUT2D eigenvalue weighted by atomic mass is 9.95. The van der Waals surface area contributed by atoms with Gasteiger partial charge in [-0.05, 0) is 67.7 Å². The molecule has 0 unspecified atom stereocenters. The zero-order chi connectivity index (χ0) is 15.1. The molecular formula is C20H13Br2. The van der Waals surface area contributed by atoms with Gasteiger partial charge in [-0.1, -0.05) is 68.3 Å². The maximum atomic E-state index is 3.63. The molecule has 0 fully saturated rings. The van der Waals surface area contributed by atoms with Crippen molar-refractivity contribution >= 4 is 64.2 Å². The fourth-order valence-electron chi connectivity index (χ4n) is 3.03. The summed E-state index contributed by atoms with van der Waals surface area (Å²) in [6, 6.07) is 23.4. The molecule has 0 saturated carbocycles. The molecule has 4 aromatic carbocycles. The molecule has 0 N–H and O–H groups in total. The van der Waals surface area contributed by atoms with Crippen molar-refractivity contribution in [3.63, 3.8) is 0 Å². The number of benzene rings is 4. The van der Waals surface area contributed by atoms with Crippen LogP contribution in [0.5, 0.6) is 0 Å². The molecule has 22 heavy (non-hydrogen) atoms. The highest BCUT2D eigenvalue weighted by molar-refractivity contribution is 9.09. The third-order valence-corrected chi connectivity index (χ3v) is 5.35. The van der Waals surface area contributed by atoms with Gasteiger partial charge in [-0.3, -0.25) is 0 Å². The standard InChI is InChI=1S/C20H13Br2/c21-11-17-8-16-6-5-15-7-13-3-1-2-4-14(13)9-19(15)20(16)10-18(17)12-22/h1-9H,11-12H2. The first-order chi connectivity index (χ1) is 10.8. The van der Waals surface area contributed by atoms with Gasteiger partial charge in [-0.15, -0.1) is 0 Å². The lowest BCUT2D eigenvalue weighted by molar-refractivity contribution is 1.32. The van der Waals surface area contributed by atoms with Crippen molar-refractivity contribution in [3.05, 3.63) is 71.8 Å². The van der Waals surface area contributed by atoms with Crippen LogP contribution in [-0.2, 0) is 10.7 Å². The molecule has 4 aromatic rings. The SMILES string of the molecule is BrCc1[c]c2c(ccc3cc4ccccc4cc32)cc1CBr. The minimum Gasteiger partial charge on any atom is -0.0876 e. The summed E-state index contributed by atoms with van der Waals surface area (Å²) in [5.41, 5.74) is 2.52. The maximum absolute atomic E-state index is 3.63. The molecule has 4 rings (SSSR count). The highest BCUT2D eigenvalue weighted by atomic mass is 79.9. The number of halogens is 2. The summed E-state index contributed by atoms with van der Waals surface area (Å²) < 4.78 is 0. The monoisotopic (exact) mass is 411 g/mol. The van der Waals surface area contributed by atoms with Gasteiger partial charge in [0, 0.05) is 10.7 Å². The van der Waals surface area contributed by atoms with Gasteiger partial charge in [-0.25, -0.2) is 0 Å². The Bertz CT molecular complexity index is 1000. The van der Waals surface area contributed by atoms with E-state index in [1.54, 1.807) is 0 Å². The molecule has 0 spiro atoms. The number of hydrogen-bond acceptors (Lipinski definition) is 0. The van der Waals surface area contributed by atoms with Gasteiger partial charge >= 0.3 is 0 Å². The Morgan fingerprint density at radius 3 is 2.18 bits per heavy atom. The van der Waals surface area contributed by atoms with Crippen molar-refractivity contribution in [1.29, 1.82) is 0 Å². The van der Waals surface area contributed by atoms with Crippen molar-refractivity contribution in [1.82, 2.24) is 0 Å². The summed E-state index contributed by atoms with van der Waals surface area (Å²) >= 11 is 7.16. The zero-order valence-electron chi connectivity index (χ0n) is 11.9. The summed E-state index contributed by atoms with van der Waals surface area (Å²) in [5, 5.41) is 9.26. The van der Waals surface area contributed by atoms with Gasteiger partial charge in [0.25, 0.3) is 0 Å². The van der Waals surface area contributed by atoms with E-state index in [1.165, 1.54) is 43.4 Å². The molecule has 0 aliphatic heterocycles. The van der Waals surface area contributed by atoms with E-state index in [-0.39, 0.29) is 0 Å². The first-order valence-electron chi connectivity index (χ1n) is 7.21. The molecule has 0 bridgehead atoms. The van der Waals surface area contributed by atoms with Crippen LogP contribution in [-0.4, -0.2) is 0 Å². The van der Waals surface area contributed by atoms with Crippen molar-refractivity contribution in [2.75, 3.05) is 0 Å². The van der Waals surface area contributed by atoms with Crippen LogP contribution in [0.1, 0.15) is 11.1 Å². The van der Waals surface area contributed by atoms with Gasteiger partial charge < -0.3 is 0 Å². The lowest BCUT2D eigenvalue weighted by Crippen LogP contribution is -1.90. The van der Waals surface area contributed by atoms with Gasteiger partial charge in [-0.2, -0.15) is 0 Å². The van der Waals surface area contributed by atoms with Crippen LogP contribution in [0.2, 0.25) is 0 Å². The molecule has 2 heteroatoms. The molecular weight excluding hydrogens is 400 g/mol. The van der Waals surface area contributed by atoms with Crippen molar-refractivity contribution in [2.24, 2.45) is 0 Å². The summed E-state index contributed by atoms with van der Waals surface area (Å²) in [5.74, 6) is 0. The summed E-state index contributed by atoms with van der Waals surface area (Å²) in [6.07, 6.45) is 0. The van der Waals surface area contributed by atoms with Crippen LogP contribution in [0.15, 0.2) is 54.6 Å². The van der Waals surface area contributed by atoms with Gasteiger partial charge in [0.2, 0.25) is 0 Å². The molecule has 107 valence electrons. The Balaban J connectivity index is 2.14. The Hall–Kier alpha value is -1.38. The van der Waals surface area contributed by atoms with Crippen LogP contribution in [0.25, 0.3) is 32.3 Å². The second kappa shape index (κ2) is 5.68. The molecule has 0 aliphatic rings. The molecule has 0 heterocycles. The van der Waals surface area contributed by atoms with E-state index < -0.39 is 0 Å². The van der Waals surface area contributed by atoms with Crippen LogP contribution < -0.4 is 0 Å². The van der Waals surface area contributed by atoms with E-state index in [0.717, 1.165) is 10.7 Å². The summed E-state index contributed by atoms with van der Waals surface area (Å²) in [4.78, 5) is 0. The Kier molecular flexibility index (Phi) is 3.67. The van der Waals surface area contributed by atoms with E-state index in [1.807, 2.05) is 0 Å². The lowest BCUT2D eigenvalue weighted by Gasteiger charge is -2.10. The third-order valence-electron chi connectivity index (χ3n) is 4.19. The second-order valence-corrected chi connectivity index (χ2v) is 6.61. The van der Waals surface area contributed by atoms with Gasteiger partial charge in [0.15, 0.2) is 0 Å². The second-order valence-electron chi connectivity index (χ2n) is 5.49. The highest BCUT2D eigenvalue weighted by Crippen LogP contribution is 2.32. The Morgan fingerprint density at radius 2 is 1.45 bits per heavy atom. The summed E-state index contributed by atoms with van der Waals surface area (Å²) in [6.45, 7) is 0. The molecule has 0 aromatic heterocycles. The molecule has 1 radical (unpaired) electrons. The van der Waals surface area contributed by atoms with Crippen LogP contribution >= 0.6 is 31.9 Å². The molecule has 0 saturated heterocycles. The van der Waals surface area contributed by atoms with Crippen molar-refractivity contribution < 1.29 is 0 Å². The van der Waals surface area contributed by atoms with Crippen molar-refractivity contribution in [3.8, 4) is 0 Å². The largest absolute Gasteiger partial charge is 0.0876 e. The fourth-order valence-corrected chi connectivity index (χ4v) is 4.04. The molecule has 0 nitrogen and oxygen atoms in total. The topological polar surface area (TPSA) is 0 Å². The summed E-state index contributed by atoms with van der Waals surface area (Å²) in [7, 11) is 0. The van der Waals surface area contributed by atoms with Crippen LogP contribution in [0.4, 0.5) is 0 Å². The van der Waals surface area contributed by atoms with E-state index in [9.17, 15) is 0 Å². The predicted octanol–water partition coefficient (Wildman–Crippen LogP) is 6.74.